The predicted octanol–water partition coefficient (Wildman–Crippen LogP) is 0.551. The molecule has 1 aliphatic rings. The molecule has 0 aromatic carbocycles. The first-order chi connectivity index (χ1) is 8.79. The van der Waals surface area contributed by atoms with Crippen molar-refractivity contribution in [3.05, 3.63) is 0 Å². The van der Waals surface area contributed by atoms with Gasteiger partial charge in [-0.3, -0.25) is 10.1 Å². The van der Waals surface area contributed by atoms with Crippen LogP contribution in [0.25, 0.3) is 0 Å². The molecule has 1 unspecified atom stereocenters. The molecule has 1 rings (SSSR count). The first-order valence-electron chi connectivity index (χ1n) is 6.55. The van der Waals surface area contributed by atoms with Gasteiger partial charge >= 0.3 is 0 Å². The van der Waals surface area contributed by atoms with Crippen LogP contribution in [0.5, 0.6) is 0 Å². The van der Waals surface area contributed by atoms with Crippen molar-refractivity contribution in [3.8, 4) is 0 Å². The van der Waals surface area contributed by atoms with Crippen molar-refractivity contribution in [1.29, 1.82) is 0 Å². The SMILES string of the molecule is CCOCCN(CCOCC)C(=O)C1CSCN1. The van der Waals surface area contributed by atoms with Crippen molar-refractivity contribution >= 4 is 17.7 Å². The first kappa shape index (κ1) is 15.8. The summed E-state index contributed by atoms with van der Waals surface area (Å²) in [7, 11) is 0. The van der Waals surface area contributed by atoms with E-state index in [1.165, 1.54) is 0 Å². The Bertz CT molecular complexity index is 225. The number of amides is 1. The van der Waals surface area contributed by atoms with Crippen LogP contribution in [-0.2, 0) is 14.3 Å². The van der Waals surface area contributed by atoms with E-state index in [9.17, 15) is 4.79 Å². The standard InChI is InChI=1S/C12H24N2O3S/c1-3-16-7-5-14(6-8-17-4-2)12(15)11-9-18-10-13-11/h11,13H,3-10H2,1-2H3. The Morgan fingerprint density at radius 3 is 2.33 bits per heavy atom. The Morgan fingerprint density at radius 1 is 1.28 bits per heavy atom. The number of thioether (sulfide) groups is 1. The second kappa shape index (κ2) is 9.61. The maximum atomic E-state index is 12.3. The molecule has 0 saturated carbocycles. The van der Waals surface area contributed by atoms with Crippen LogP contribution in [0.15, 0.2) is 0 Å². The van der Waals surface area contributed by atoms with Crippen molar-refractivity contribution in [2.24, 2.45) is 0 Å². The number of carbonyl (C=O) groups excluding carboxylic acids is 1. The van der Waals surface area contributed by atoms with Crippen LogP contribution in [-0.4, -0.2) is 68.0 Å². The summed E-state index contributed by atoms with van der Waals surface area (Å²) in [5.41, 5.74) is 0. The van der Waals surface area contributed by atoms with Gasteiger partial charge in [-0.15, -0.1) is 11.8 Å². The summed E-state index contributed by atoms with van der Waals surface area (Å²) < 4.78 is 10.6. The molecule has 5 nitrogen and oxygen atoms in total. The third-order valence-corrected chi connectivity index (χ3v) is 3.69. The predicted molar refractivity (Wildman–Crippen MR) is 73.8 cm³/mol. The van der Waals surface area contributed by atoms with Crippen molar-refractivity contribution in [2.75, 3.05) is 51.1 Å². The zero-order valence-corrected chi connectivity index (χ0v) is 12.1. The molecule has 18 heavy (non-hydrogen) atoms. The summed E-state index contributed by atoms with van der Waals surface area (Å²) in [5, 5.41) is 3.21. The minimum Gasteiger partial charge on any atom is -0.380 e. The molecule has 0 aliphatic carbocycles. The van der Waals surface area contributed by atoms with Gasteiger partial charge in [0.2, 0.25) is 5.91 Å². The van der Waals surface area contributed by atoms with E-state index in [-0.39, 0.29) is 11.9 Å². The fourth-order valence-corrected chi connectivity index (χ4v) is 2.68. The molecular formula is C12H24N2O3S. The molecule has 1 N–H and O–H groups in total. The van der Waals surface area contributed by atoms with Crippen LogP contribution < -0.4 is 5.32 Å². The number of hydrogen-bond donors (Lipinski definition) is 1. The highest BCUT2D eigenvalue weighted by Crippen LogP contribution is 2.11. The lowest BCUT2D eigenvalue weighted by atomic mass is 10.3. The van der Waals surface area contributed by atoms with Crippen LogP contribution >= 0.6 is 11.8 Å². The number of ether oxygens (including phenoxy) is 2. The summed E-state index contributed by atoms with van der Waals surface area (Å²) >= 11 is 1.76. The van der Waals surface area contributed by atoms with Crippen LogP contribution in [0, 0.1) is 0 Å². The highest BCUT2D eigenvalue weighted by Gasteiger charge is 2.26. The third-order valence-electron chi connectivity index (χ3n) is 2.75. The summed E-state index contributed by atoms with van der Waals surface area (Å²) in [6, 6.07) is -0.0433. The molecule has 0 aromatic heterocycles. The molecule has 6 heteroatoms. The third kappa shape index (κ3) is 5.56. The van der Waals surface area contributed by atoms with E-state index in [0.29, 0.717) is 39.5 Å². The summed E-state index contributed by atoms with van der Waals surface area (Å²) in [4.78, 5) is 14.1. The minimum absolute atomic E-state index is 0.0433. The molecule has 1 aliphatic heterocycles. The van der Waals surface area contributed by atoms with Crippen molar-refractivity contribution in [3.63, 3.8) is 0 Å². The summed E-state index contributed by atoms with van der Waals surface area (Å²) in [6.45, 7) is 7.76. The van der Waals surface area contributed by atoms with Gasteiger partial charge in [0.05, 0.1) is 19.3 Å². The van der Waals surface area contributed by atoms with Crippen LogP contribution in [0.1, 0.15) is 13.8 Å². The second-order valence-electron chi connectivity index (χ2n) is 3.99. The van der Waals surface area contributed by atoms with Gasteiger partial charge in [0, 0.05) is 37.9 Å². The van der Waals surface area contributed by atoms with E-state index >= 15 is 0 Å². The Balaban J connectivity index is 2.38. The van der Waals surface area contributed by atoms with E-state index in [4.69, 9.17) is 9.47 Å². The van der Waals surface area contributed by atoms with Gasteiger partial charge in [0.25, 0.3) is 0 Å². The van der Waals surface area contributed by atoms with Crippen molar-refractivity contribution in [2.45, 2.75) is 19.9 Å². The minimum atomic E-state index is -0.0433. The lowest BCUT2D eigenvalue weighted by Crippen LogP contribution is -2.47. The van der Waals surface area contributed by atoms with Crippen molar-refractivity contribution in [1.82, 2.24) is 10.2 Å². The molecule has 0 radical (unpaired) electrons. The van der Waals surface area contributed by atoms with Crippen LogP contribution in [0.2, 0.25) is 0 Å². The van der Waals surface area contributed by atoms with E-state index in [1.807, 2.05) is 18.7 Å². The van der Waals surface area contributed by atoms with Crippen molar-refractivity contribution < 1.29 is 14.3 Å². The van der Waals surface area contributed by atoms with E-state index < -0.39 is 0 Å². The molecule has 0 aromatic rings. The zero-order valence-electron chi connectivity index (χ0n) is 11.3. The quantitative estimate of drug-likeness (QED) is 0.623. The van der Waals surface area contributed by atoms with Gasteiger partial charge < -0.3 is 14.4 Å². The Morgan fingerprint density at radius 2 is 1.89 bits per heavy atom. The molecule has 106 valence electrons. The zero-order chi connectivity index (χ0) is 13.2. The number of nitrogens with zero attached hydrogens (tertiary/aromatic N) is 1. The molecule has 0 bridgehead atoms. The maximum absolute atomic E-state index is 12.3. The van der Waals surface area contributed by atoms with E-state index in [1.54, 1.807) is 11.8 Å². The van der Waals surface area contributed by atoms with Gasteiger partial charge in [0.15, 0.2) is 0 Å². The van der Waals surface area contributed by atoms with Gasteiger partial charge in [-0.25, -0.2) is 0 Å². The fraction of sp³-hybridized carbons (Fsp3) is 0.917. The first-order valence-corrected chi connectivity index (χ1v) is 7.70. The highest BCUT2D eigenvalue weighted by molar-refractivity contribution is 7.99. The molecular weight excluding hydrogens is 252 g/mol. The molecule has 1 heterocycles. The molecule has 1 fully saturated rings. The van der Waals surface area contributed by atoms with Crippen LogP contribution in [0.3, 0.4) is 0 Å². The normalized spacial score (nSPS) is 19.1. The number of nitrogens with one attached hydrogen (secondary N) is 1. The fourth-order valence-electron chi connectivity index (χ4n) is 1.74. The monoisotopic (exact) mass is 276 g/mol. The summed E-state index contributed by atoms with van der Waals surface area (Å²) in [6.07, 6.45) is 0. The summed E-state index contributed by atoms with van der Waals surface area (Å²) in [5.74, 6) is 1.89. The van der Waals surface area contributed by atoms with Gasteiger partial charge in [-0.05, 0) is 13.8 Å². The van der Waals surface area contributed by atoms with Gasteiger partial charge in [0.1, 0.15) is 0 Å². The Kier molecular flexibility index (Phi) is 8.41. The molecule has 1 saturated heterocycles. The average Bonchev–Trinajstić information content (AvgIpc) is 2.90. The van der Waals surface area contributed by atoms with E-state index in [2.05, 4.69) is 5.32 Å². The lowest BCUT2D eigenvalue weighted by molar-refractivity contribution is -0.134. The van der Waals surface area contributed by atoms with Gasteiger partial charge in [-0.1, -0.05) is 0 Å². The Hall–Kier alpha value is -0.300. The topological polar surface area (TPSA) is 50.8 Å². The molecule has 1 atom stereocenters. The molecule has 0 spiro atoms. The number of hydrogen-bond acceptors (Lipinski definition) is 5. The number of rotatable bonds is 9. The largest absolute Gasteiger partial charge is 0.380 e. The maximum Gasteiger partial charge on any atom is 0.240 e. The lowest BCUT2D eigenvalue weighted by Gasteiger charge is -2.25. The average molecular weight is 276 g/mol. The molecule has 1 amide bonds. The van der Waals surface area contributed by atoms with Gasteiger partial charge in [-0.2, -0.15) is 0 Å². The number of carbonyl (C=O) groups is 1. The Labute approximate surface area is 114 Å². The highest BCUT2D eigenvalue weighted by atomic mass is 32.2. The smallest absolute Gasteiger partial charge is 0.240 e. The second-order valence-corrected chi connectivity index (χ2v) is 5.02. The van der Waals surface area contributed by atoms with Crippen LogP contribution in [0.4, 0.5) is 0 Å². The van der Waals surface area contributed by atoms with E-state index in [0.717, 1.165) is 11.6 Å².